The summed E-state index contributed by atoms with van der Waals surface area (Å²) in [6.45, 7) is 6.45. The van der Waals surface area contributed by atoms with Crippen molar-refractivity contribution in [2.75, 3.05) is 27.2 Å². The van der Waals surface area contributed by atoms with Crippen LogP contribution in [-0.4, -0.2) is 49.1 Å². The first kappa shape index (κ1) is 15.9. The van der Waals surface area contributed by atoms with Crippen LogP contribution in [0.5, 0.6) is 0 Å². The van der Waals surface area contributed by atoms with Crippen molar-refractivity contribution in [3.63, 3.8) is 0 Å². The zero-order valence-corrected chi connectivity index (χ0v) is 11.4. The van der Waals surface area contributed by atoms with E-state index < -0.39 is 11.9 Å². The lowest BCUT2D eigenvalue weighted by Gasteiger charge is -2.23. The van der Waals surface area contributed by atoms with E-state index in [0.717, 1.165) is 0 Å². The number of carbonyl (C=O) groups excluding carboxylic acids is 1. The first-order valence-electron chi connectivity index (χ1n) is 5.76. The predicted molar refractivity (Wildman–Crippen MR) is 66.8 cm³/mol. The third-order valence-electron chi connectivity index (χ3n) is 2.21. The highest BCUT2D eigenvalue weighted by atomic mass is 16.4. The summed E-state index contributed by atoms with van der Waals surface area (Å²) in [7, 11) is 3.59. The summed E-state index contributed by atoms with van der Waals surface area (Å²) in [6, 6.07) is 0. The van der Waals surface area contributed by atoms with Gasteiger partial charge in [0.05, 0.1) is 12.5 Å². The van der Waals surface area contributed by atoms with Crippen molar-refractivity contribution < 1.29 is 14.7 Å². The van der Waals surface area contributed by atoms with E-state index in [1.807, 2.05) is 20.8 Å². The molecule has 0 aromatic carbocycles. The van der Waals surface area contributed by atoms with Crippen LogP contribution in [0.25, 0.3) is 0 Å². The van der Waals surface area contributed by atoms with E-state index >= 15 is 0 Å². The summed E-state index contributed by atoms with van der Waals surface area (Å²) in [5, 5.41) is 11.7. The van der Waals surface area contributed by atoms with Gasteiger partial charge >= 0.3 is 5.97 Å². The van der Waals surface area contributed by atoms with Gasteiger partial charge in [0, 0.05) is 6.54 Å². The number of amides is 1. The average Bonchev–Trinajstić information content (AvgIpc) is 2.08. The van der Waals surface area contributed by atoms with Crippen molar-refractivity contribution in [1.82, 2.24) is 10.2 Å². The summed E-state index contributed by atoms with van der Waals surface area (Å²) in [6.07, 6.45) is 0.546. The van der Waals surface area contributed by atoms with E-state index in [1.54, 1.807) is 19.0 Å². The monoisotopic (exact) mass is 244 g/mol. The van der Waals surface area contributed by atoms with Gasteiger partial charge in [-0.25, -0.2) is 0 Å². The van der Waals surface area contributed by atoms with Crippen LogP contribution in [0.4, 0.5) is 0 Å². The molecule has 0 aliphatic heterocycles. The van der Waals surface area contributed by atoms with Crippen molar-refractivity contribution in [3.8, 4) is 0 Å². The molecule has 0 fully saturated rings. The van der Waals surface area contributed by atoms with Crippen LogP contribution in [0, 0.1) is 11.3 Å². The van der Waals surface area contributed by atoms with Crippen LogP contribution in [0.1, 0.15) is 27.2 Å². The zero-order chi connectivity index (χ0) is 13.6. The summed E-state index contributed by atoms with van der Waals surface area (Å²) < 4.78 is 0. The predicted octanol–water partition coefficient (Wildman–Crippen LogP) is 0.801. The molecule has 0 spiro atoms. The first-order valence-corrected chi connectivity index (χ1v) is 5.76. The molecule has 100 valence electrons. The summed E-state index contributed by atoms with van der Waals surface area (Å²) in [5.41, 5.74) is -0.0602. The van der Waals surface area contributed by atoms with Gasteiger partial charge in [0.25, 0.3) is 0 Å². The molecular weight excluding hydrogens is 220 g/mol. The molecule has 17 heavy (non-hydrogen) atoms. The molecule has 5 nitrogen and oxygen atoms in total. The van der Waals surface area contributed by atoms with Crippen LogP contribution in [0.15, 0.2) is 0 Å². The molecule has 1 atom stereocenters. The Kier molecular flexibility index (Phi) is 6.16. The zero-order valence-electron chi connectivity index (χ0n) is 11.4. The lowest BCUT2D eigenvalue weighted by atomic mass is 9.84. The maximum atomic E-state index is 11.4. The Balaban J connectivity index is 4.19. The molecule has 0 saturated heterocycles. The molecule has 1 unspecified atom stereocenters. The molecule has 0 saturated carbocycles. The second kappa shape index (κ2) is 6.59. The number of nitrogens with zero attached hydrogens (tertiary/aromatic N) is 1. The molecule has 0 rings (SSSR count). The van der Waals surface area contributed by atoms with Crippen LogP contribution < -0.4 is 5.32 Å². The van der Waals surface area contributed by atoms with E-state index in [2.05, 4.69) is 5.32 Å². The molecule has 0 aliphatic rings. The Morgan fingerprint density at radius 2 is 1.82 bits per heavy atom. The van der Waals surface area contributed by atoms with E-state index in [4.69, 9.17) is 5.11 Å². The van der Waals surface area contributed by atoms with Gasteiger partial charge in [-0.05, 0) is 25.9 Å². The minimum atomic E-state index is -0.856. The largest absolute Gasteiger partial charge is 0.481 e. The Bertz CT molecular complexity index is 269. The number of aliphatic carboxylic acids is 1. The number of carboxylic acid groups (broad SMARTS) is 1. The number of nitrogens with one attached hydrogen (secondary N) is 1. The van der Waals surface area contributed by atoms with Crippen LogP contribution in [0.3, 0.4) is 0 Å². The second-order valence-corrected chi connectivity index (χ2v) is 5.84. The Hall–Kier alpha value is -1.10. The third-order valence-corrected chi connectivity index (χ3v) is 2.21. The van der Waals surface area contributed by atoms with Gasteiger partial charge in [-0.2, -0.15) is 0 Å². The lowest BCUT2D eigenvalue weighted by Crippen LogP contribution is -2.39. The second-order valence-electron chi connectivity index (χ2n) is 5.84. The standard InChI is InChI=1S/C12H24N2O3/c1-12(2,3)6-9(11(16)17)7-13-10(15)8-14(4)5/h9H,6-8H2,1-5H3,(H,13,15)(H,16,17). The number of carbonyl (C=O) groups is 2. The van der Waals surface area contributed by atoms with Crippen LogP contribution in [-0.2, 0) is 9.59 Å². The van der Waals surface area contributed by atoms with Crippen LogP contribution in [0.2, 0.25) is 0 Å². The first-order chi connectivity index (χ1) is 7.61. The number of hydrogen-bond acceptors (Lipinski definition) is 3. The van der Waals surface area contributed by atoms with Crippen molar-refractivity contribution >= 4 is 11.9 Å². The molecule has 5 heteroatoms. The summed E-state index contributed by atoms with van der Waals surface area (Å²) >= 11 is 0. The van der Waals surface area contributed by atoms with E-state index in [-0.39, 0.29) is 24.4 Å². The molecule has 0 radical (unpaired) electrons. The highest BCUT2D eigenvalue weighted by Gasteiger charge is 2.24. The molecule has 0 heterocycles. The topological polar surface area (TPSA) is 69.6 Å². The molecule has 1 amide bonds. The van der Waals surface area contributed by atoms with Crippen LogP contribution >= 0.6 is 0 Å². The van der Waals surface area contributed by atoms with Gasteiger partial charge < -0.3 is 15.3 Å². The van der Waals surface area contributed by atoms with Crippen molar-refractivity contribution in [2.45, 2.75) is 27.2 Å². The summed E-state index contributed by atoms with van der Waals surface area (Å²) in [4.78, 5) is 24.2. The van der Waals surface area contributed by atoms with Gasteiger partial charge in [-0.3, -0.25) is 9.59 Å². The fraction of sp³-hybridized carbons (Fsp3) is 0.833. The lowest BCUT2D eigenvalue weighted by molar-refractivity contribution is -0.142. The maximum absolute atomic E-state index is 11.4. The molecule has 0 aliphatic carbocycles. The molecule has 0 bridgehead atoms. The quantitative estimate of drug-likeness (QED) is 0.725. The van der Waals surface area contributed by atoms with Crippen molar-refractivity contribution in [1.29, 1.82) is 0 Å². The van der Waals surface area contributed by atoms with Gasteiger partial charge in [-0.15, -0.1) is 0 Å². The minimum Gasteiger partial charge on any atom is -0.481 e. The van der Waals surface area contributed by atoms with Gasteiger partial charge in [0.15, 0.2) is 0 Å². The number of hydrogen-bond donors (Lipinski definition) is 2. The van der Waals surface area contributed by atoms with Gasteiger partial charge in [-0.1, -0.05) is 20.8 Å². The molecule has 0 aromatic rings. The Morgan fingerprint density at radius 3 is 2.18 bits per heavy atom. The normalized spacial score (nSPS) is 13.5. The van der Waals surface area contributed by atoms with E-state index in [1.165, 1.54) is 0 Å². The average molecular weight is 244 g/mol. The Morgan fingerprint density at radius 1 is 1.29 bits per heavy atom. The SMILES string of the molecule is CN(C)CC(=O)NCC(CC(C)(C)C)C(=O)O. The minimum absolute atomic E-state index is 0.0602. The fourth-order valence-corrected chi connectivity index (χ4v) is 1.57. The number of likely N-dealkylation sites (N-methyl/N-ethyl adjacent to an activating group) is 1. The summed E-state index contributed by atoms with van der Waals surface area (Å²) in [5.74, 6) is -1.53. The molecular formula is C12H24N2O3. The van der Waals surface area contributed by atoms with Gasteiger partial charge in [0.1, 0.15) is 0 Å². The Labute approximate surface area is 103 Å². The van der Waals surface area contributed by atoms with Gasteiger partial charge in [0.2, 0.25) is 5.91 Å². The van der Waals surface area contributed by atoms with Crippen molar-refractivity contribution in [2.24, 2.45) is 11.3 Å². The molecule has 2 N–H and O–H groups in total. The smallest absolute Gasteiger partial charge is 0.308 e. The number of rotatable bonds is 6. The molecule has 0 aromatic heterocycles. The van der Waals surface area contributed by atoms with Crippen molar-refractivity contribution in [3.05, 3.63) is 0 Å². The van der Waals surface area contributed by atoms with E-state index in [9.17, 15) is 9.59 Å². The third kappa shape index (κ3) is 8.68. The maximum Gasteiger partial charge on any atom is 0.308 e. The van der Waals surface area contributed by atoms with E-state index in [0.29, 0.717) is 6.42 Å². The number of carboxylic acids is 1. The fourth-order valence-electron chi connectivity index (χ4n) is 1.57. The highest BCUT2D eigenvalue weighted by Crippen LogP contribution is 2.24. The highest BCUT2D eigenvalue weighted by molar-refractivity contribution is 5.79.